The summed E-state index contributed by atoms with van der Waals surface area (Å²) in [6.07, 6.45) is 2.65. The summed E-state index contributed by atoms with van der Waals surface area (Å²) in [7, 11) is 0. The van der Waals surface area contributed by atoms with Crippen molar-refractivity contribution in [2.75, 3.05) is 6.61 Å². The van der Waals surface area contributed by atoms with Crippen molar-refractivity contribution in [2.24, 2.45) is 5.92 Å². The Morgan fingerprint density at radius 2 is 2.06 bits per heavy atom. The molecule has 0 aromatic carbocycles. The number of ether oxygens (including phenoxy) is 1. The number of aliphatic carboxylic acids is 2. The molecule has 1 aliphatic rings. The van der Waals surface area contributed by atoms with Crippen molar-refractivity contribution in [2.45, 2.75) is 25.9 Å². The SMILES string of the molecule is C=C(C(=O)O)C(C)C=C(CCC1CO1)C(=O)O. The smallest absolute Gasteiger partial charge is 0.331 e. The lowest BCUT2D eigenvalue weighted by Gasteiger charge is -2.08. The molecule has 2 N–H and O–H groups in total. The first-order valence-electron chi connectivity index (χ1n) is 5.39. The van der Waals surface area contributed by atoms with Gasteiger partial charge in [0.1, 0.15) is 0 Å². The van der Waals surface area contributed by atoms with Crippen LogP contribution in [0, 0.1) is 5.92 Å². The molecule has 0 aromatic rings. The monoisotopic (exact) mass is 240 g/mol. The Hall–Kier alpha value is -1.62. The Labute approximate surface area is 99.4 Å². The molecule has 0 amide bonds. The number of epoxide rings is 1. The zero-order valence-corrected chi connectivity index (χ0v) is 9.68. The number of carbonyl (C=O) groups is 2. The summed E-state index contributed by atoms with van der Waals surface area (Å²) in [5.41, 5.74) is 0.210. The van der Waals surface area contributed by atoms with Gasteiger partial charge in [-0.05, 0) is 12.8 Å². The van der Waals surface area contributed by atoms with E-state index in [9.17, 15) is 9.59 Å². The van der Waals surface area contributed by atoms with Crippen LogP contribution < -0.4 is 0 Å². The molecule has 1 aliphatic heterocycles. The van der Waals surface area contributed by atoms with E-state index in [1.165, 1.54) is 6.08 Å². The molecule has 5 heteroatoms. The quantitative estimate of drug-likeness (QED) is 0.519. The maximum Gasteiger partial charge on any atom is 0.331 e. The van der Waals surface area contributed by atoms with Gasteiger partial charge in [0.2, 0.25) is 0 Å². The molecule has 0 aromatic heterocycles. The van der Waals surface area contributed by atoms with Crippen molar-refractivity contribution in [3.05, 3.63) is 23.8 Å². The molecule has 5 nitrogen and oxygen atoms in total. The third-order valence-corrected chi connectivity index (χ3v) is 2.69. The maximum atomic E-state index is 11.0. The average Bonchev–Trinajstić information content (AvgIpc) is 3.05. The van der Waals surface area contributed by atoms with Crippen LogP contribution in [0.3, 0.4) is 0 Å². The molecular weight excluding hydrogens is 224 g/mol. The fraction of sp³-hybridized carbons (Fsp3) is 0.500. The molecule has 0 bridgehead atoms. The number of carboxylic acid groups (broad SMARTS) is 2. The van der Waals surface area contributed by atoms with Crippen LogP contribution in [0.2, 0.25) is 0 Å². The van der Waals surface area contributed by atoms with Gasteiger partial charge in [-0.25, -0.2) is 9.59 Å². The van der Waals surface area contributed by atoms with Crippen LogP contribution in [0.4, 0.5) is 0 Å². The molecule has 1 heterocycles. The molecule has 2 unspecified atom stereocenters. The summed E-state index contributed by atoms with van der Waals surface area (Å²) in [4.78, 5) is 21.6. The molecule has 1 saturated heterocycles. The molecule has 17 heavy (non-hydrogen) atoms. The first-order chi connectivity index (χ1) is 7.91. The summed E-state index contributed by atoms with van der Waals surface area (Å²) in [6, 6.07) is 0. The van der Waals surface area contributed by atoms with Gasteiger partial charge in [-0.3, -0.25) is 0 Å². The Morgan fingerprint density at radius 1 is 1.47 bits per heavy atom. The third kappa shape index (κ3) is 4.40. The van der Waals surface area contributed by atoms with Gasteiger partial charge >= 0.3 is 11.9 Å². The van der Waals surface area contributed by atoms with E-state index in [0.717, 1.165) is 0 Å². The van der Waals surface area contributed by atoms with Crippen LogP contribution in [0.15, 0.2) is 23.8 Å². The van der Waals surface area contributed by atoms with E-state index in [1.54, 1.807) is 6.92 Å². The zero-order valence-electron chi connectivity index (χ0n) is 9.68. The highest BCUT2D eigenvalue weighted by atomic mass is 16.6. The fourth-order valence-electron chi connectivity index (χ4n) is 1.41. The van der Waals surface area contributed by atoms with Crippen molar-refractivity contribution >= 4 is 11.9 Å². The van der Waals surface area contributed by atoms with E-state index in [-0.39, 0.29) is 17.3 Å². The van der Waals surface area contributed by atoms with Crippen LogP contribution in [-0.2, 0) is 14.3 Å². The van der Waals surface area contributed by atoms with Crippen molar-refractivity contribution in [1.82, 2.24) is 0 Å². The van der Waals surface area contributed by atoms with E-state index < -0.39 is 17.9 Å². The summed E-state index contributed by atoms with van der Waals surface area (Å²) >= 11 is 0. The predicted molar refractivity (Wildman–Crippen MR) is 60.6 cm³/mol. The van der Waals surface area contributed by atoms with E-state index in [4.69, 9.17) is 14.9 Å². The first-order valence-corrected chi connectivity index (χ1v) is 5.39. The largest absolute Gasteiger partial charge is 0.478 e. The van der Waals surface area contributed by atoms with E-state index >= 15 is 0 Å². The zero-order chi connectivity index (χ0) is 13.0. The number of allylic oxidation sites excluding steroid dienone is 1. The number of hydrogen-bond donors (Lipinski definition) is 2. The van der Waals surface area contributed by atoms with Gasteiger partial charge in [0.05, 0.1) is 12.7 Å². The minimum absolute atomic E-state index is 0.00794. The number of rotatable bonds is 7. The molecule has 1 fully saturated rings. The van der Waals surface area contributed by atoms with Gasteiger partial charge in [0, 0.05) is 17.1 Å². The highest BCUT2D eigenvalue weighted by molar-refractivity contribution is 5.89. The summed E-state index contributed by atoms with van der Waals surface area (Å²) < 4.78 is 5.00. The molecular formula is C12H16O5. The Balaban J connectivity index is 2.63. The van der Waals surface area contributed by atoms with Gasteiger partial charge in [0.15, 0.2) is 0 Å². The molecule has 2 atom stereocenters. The second-order valence-corrected chi connectivity index (χ2v) is 4.11. The van der Waals surface area contributed by atoms with Gasteiger partial charge < -0.3 is 14.9 Å². The second kappa shape index (κ2) is 5.63. The van der Waals surface area contributed by atoms with Crippen molar-refractivity contribution in [1.29, 1.82) is 0 Å². The molecule has 0 radical (unpaired) electrons. The Bertz CT molecular complexity index is 365. The minimum atomic E-state index is -1.11. The second-order valence-electron chi connectivity index (χ2n) is 4.11. The van der Waals surface area contributed by atoms with Crippen molar-refractivity contribution in [3.8, 4) is 0 Å². The van der Waals surface area contributed by atoms with Gasteiger partial charge in [-0.1, -0.05) is 19.6 Å². The fourth-order valence-corrected chi connectivity index (χ4v) is 1.41. The van der Waals surface area contributed by atoms with Crippen LogP contribution in [0.1, 0.15) is 19.8 Å². The number of carboxylic acids is 2. The topological polar surface area (TPSA) is 87.1 Å². The van der Waals surface area contributed by atoms with Crippen molar-refractivity contribution in [3.63, 3.8) is 0 Å². The Morgan fingerprint density at radius 3 is 2.47 bits per heavy atom. The van der Waals surface area contributed by atoms with Gasteiger partial charge in [-0.15, -0.1) is 0 Å². The average molecular weight is 240 g/mol. The van der Waals surface area contributed by atoms with Crippen LogP contribution in [-0.4, -0.2) is 34.9 Å². The number of hydrogen-bond acceptors (Lipinski definition) is 3. The van der Waals surface area contributed by atoms with Crippen LogP contribution in [0.5, 0.6) is 0 Å². The highest BCUT2D eigenvalue weighted by Gasteiger charge is 2.24. The molecule has 1 rings (SSSR count). The normalized spacial score (nSPS) is 20.8. The minimum Gasteiger partial charge on any atom is -0.478 e. The van der Waals surface area contributed by atoms with E-state index in [2.05, 4.69) is 6.58 Å². The lowest BCUT2D eigenvalue weighted by atomic mass is 9.97. The molecule has 94 valence electrons. The highest BCUT2D eigenvalue weighted by Crippen LogP contribution is 2.21. The molecule has 0 spiro atoms. The summed E-state index contributed by atoms with van der Waals surface area (Å²) in [5.74, 6) is -2.61. The van der Waals surface area contributed by atoms with E-state index in [1.807, 2.05) is 0 Å². The predicted octanol–water partition coefficient (Wildman–Crippen LogP) is 1.45. The Kier molecular flexibility index (Phi) is 4.45. The third-order valence-electron chi connectivity index (χ3n) is 2.69. The summed E-state index contributed by atoms with van der Waals surface area (Å²) in [6.45, 7) is 5.72. The molecule has 0 saturated carbocycles. The van der Waals surface area contributed by atoms with Crippen LogP contribution in [0.25, 0.3) is 0 Å². The lowest BCUT2D eigenvalue weighted by molar-refractivity contribution is -0.134. The molecule has 0 aliphatic carbocycles. The van der Waals surface area contributed by atoms with Crippen molar-refractivity contribution < 1.29 is 24.5 Å². The van der Waals surface area contributed by atoms with E-state index in [0.29, 0.717) is 19.4 Å². The first kappa shape index (κ1) is 13.4. The van der Waals surface area contributed by atoms with Gasteiger partial charge in [-0.2, -0.15) is 0 Å². The standard InChI is InChI=1S/C12H16O5/c1-7(8(2)11(13)14)5-9(12(15)16)3-4-10-6-17-10/h5,7,10H,2-4,6H2,1H3,(H,13,14)(H,15,16). The maximum absolute atomic E-state index is 11.0. The van der Waals surface area contributed by atoms with Crippen LogP contribution >= 0.6 is 0 Å². The summed E-state index contributed by atoms with van der Waals surface area (Å²) in [5, 5.41) is 17.7. The lowest BCUT2D eigenvalue weighted by Crippen LogP contribution is -2.10. The van der Waals surface area contributed by atoms with Gasteiger partial charge in [0.25, 0.3) is 0 Å².